The molecular formula is C17H24FNO4. The van der Waals surface area contributed by atoms with Crippen LogP contribution in [-0.4, -0.2) is 48.0 Å². The average molecular weight is 325 g/mol. The average Bonchev–Trinajstić information content (AvgIpc) is 2.45. The molecule has 23 heavy (non-hydrogen) atoms. The smallest absolute Gasteiger partial charge is 0.410 e. The van der Waals surface area contributed by atoms with Crippen molar-refractivity contribution in [2.75, 3.05) is 20.2 Å². The van der Waals surface area contributed by atoms with E-state index in [4.69, 9.17) is 9.47 Å². The van der Waals surface area contributed by atoms with Crippen LogP contribution in [0.4, 0.5) is 9.18 Å². The molecule has 2 rings (SSSR count). The minimum Gasteiger partial charge on any atom is -0.494 e. The second kappa shape index (κ2) is 6.74. The number of nitrogens with zero attached hydrogens (tertiary/aromatic N) is 1. The van der Waals surface area contributed by atoms with Crippen molar-refractivity contribution in [2.45, 2.75) is 44.8 Å². The summed E-state index contributed by atoms with van der Waals surface area (Å²) in [6, 6.07) is 4.69. The van der Waals surface area contributed by atoms with E-state index in [1.165, 1.54) is 18.1 Å². The van der Waals surface area contributed by atoms with Crippen molar-refractivity contribution >= 4 is 6.09 Å². The zero-order valence-electron chi connectivity index (χ0n) is 14.0. The van der Waals surface area contributed by atoms with Gasteiger partial charge in [-0.3, -0.25) is 0 Å². The quantitative estimate of drug-likeness (QED) is 0.908. The molecule has 5 nitrogen and oxygen atoms in total. The molecule has 0 aromatic heterocycles. The summed E-state index contributed by atoms with van der Waals surface area (Å²) in [6.07, 6.45) is -0.647. The SMILES string of the molecule is COc1ccc([C@H]2CCN(C(=O)OC(C)(C)C)C[C@H]2O)cc1F. The molecule has 1 fully saturated rings. The zero-order valence-corrected chi connectivity index (χ0v) is 14.0. The number of halogens is 1. The summed E-state index contributed by atoms with van der Waals surface area (Å²) in [5.74, 6) is -0.490. The maximum Gasteiger partial charge on any atom is 0.410 e. The number of likely N-dealkylation sites (tertiary alicyclic amines) is 1. The first-order valence-electron chi connectivity index (χ1n) is 7.70. The molecule has 2 atom stereocenters. The molecule has 1 aliphatic rings. The molecule has 1 amide bonds. The molecular weight excluding hydrogens is 301 g/mol. The molecule has 0 radical (unpaired) electrons. The lowest BCUT2D eigenvalue weighted by molar-refractivity contribution is -0.00155. The van der Waals surface area contributed by atoms with Crippen LogP contribution in [0.3, 0.4) is 0 Å². The van der Waals surface area contributed by atoms with Gasteiger partial charge in [0.15, 0.2) is 11.6 Å². The van der Waals surface area contributed by atoms with Crippen molar-refractivity contribution in [2.24, 2.45) is 0 Å². The van der Waals surface area contributed by atoms with E-state index < -0.39 is 23.6 Å². The highest BCUT2D eigenvalue weighted by molar-refractivity contribution is 5.68. The highest BCUT2D eigenvalue weighted by Gasteiger charge is 2.33. The lowest BCUT2D eigenvalue weighted by atomic mass is 9.87. The molecule has 0 spiro atoms. The number of hydrogen-bond donors (Lipinski definition) is 1. The lowest BCUT2D eigenvalue weighted by Crippen LogP contribution is -2.47. The number of methoxy groups -OCH3 is 1. The van der Waals surface area contributed by atoms with Crippen LogP contribution in [0.5, 0.6) is 5.75 Å². The second-order valence-electron chi connectivity index (χ2n) is 6.78. The molecule has 1 saturated heterocycles. The van der Waals surface area contributed by atoms with Crippen LogP contribution < -0.4 is 4.74 Å². The third kappa shape index (κ3) is 4.34. The summed E-state index contributed by atoms with van der Waals surface area (Å²) in [6.45, 7) is 6.04. The van der Waals surface area contributed by atoms with E-state index in [9.17, 15) is 14.3 Å². The third-order valence-electron chi connectivity index (χ3n) is 3.84. The molecule has 0 bridgehead atoms. The van der Waals surface area contributed by atoms with E-state index in [2.05, 4.69) is 0 Å². The summed E-state index contributed by atoms with van der Waals surface area (Å²) in [5, 5.41) is 10.4. The van der Waals surface area contributed by atoms with Crippen molar-refractivity contribution in [1.29, 1.82) is 0 Å². The number of amides is 1. The highest BCUT2D eigenvalue weighted by atomic mass is 19.1. The predicted octanol–water partition coefficient (Wildman–Crippen LogP) is 2.92. The summed E-state index contributed by atoms with van der Waals surface area (Å²) in [7, 11) is 1.41. The molecule has 0 saturated carbocycles. The monoisotopic (exact) mass is 325 g/mol. The number of carbonyl (C=O) groups excluding carboxylic acids is 1. The van der Waals surface area contributed by atoms with Crippen LogP contribution in [0.15, 0.2) is 18.2 Å². The molecule has 0 aliphatic carbocycles. The van der Waals surface area contributed by atoms with Gasteiger partial charge in [0.2, 0.25) is 0 Å². The molecule has 0 unspecified atom stereocenters. The van der Waals surface area contributed by atoms with E-state index in [-0.39, 0.29) is 18.2 Å². The van der Waals surface area contributed by atoms with Gasteiger partial charge in [-0.05, 0) is 44.9 Å². The van der Waals surface area contributed by atoms with Crippen molar-refractivity contribution in [1.82, 2.24) is 4.90 Å². The van der Waals surface area contributed by atoms with Crippen molar-refractivity contribution in [3.8, 4) is 5.75 Å². The predicted molar refractivity (Wildman–Crippen MR) is 84.1 cm³/mol. The van der Waals surface area contributed by atoms with Gasteiger partial charge in [0.25, 0.3) is 0 Å². The summed E-state index contributed by atoms with van der Waals surface area (Å²) >= 11 is 0. The van der Waals surface area contributed by atoms with Crippen LogP contribution in [-0.2, 0) is 4.74 Å². The third-order valence-corrected chi connectivity index (χ3v) is 3.84. The Kier molecular flexibility index (Phi) is 5.14. The second-order valence-corrected chi connectivity index (χ2v) is 6.78. The first-order chi connectivity index (χ1) is 10.7. The van der Waals surface area contributed by atoms with Gasteiger partial charge in [-0.1, -0.05) is 6.07 Å². The van der Waals surface area contributed by atoms with Gasteiger partial charge in [-0.15, -0.1) is 0 Å². The normalized spacial score (nSPS) is 21.9. The molecule has 6 heteroatoms. The van der Waals surface area contributed by atoms with Gasteiger partial charge in [-0.25, -0.2) is 9.18 Å². The Morgan fingerprint density at radius 3 is 2.61 bits per heavy atom. The van der Waals surface area contributed by atoms with Crippen LogP contribution in [0, 0.1) is 5.82 Å². The minimum atomic E-state index is -0.760. The summed E-state index contributed by atoms with van der Waals surface area (Å²) in [5.41, 5.74) is 0.137. The van der Waals surface area contributed by atoms with Gasteiger partial charge in [-0.2, -0.15) is 0 Å². The Labute approximate surface area is 136 Å². The van der Waals surface area contributed by atoms with Gasteiger partial charge in [0, 0.05) is 12.5 Å². The molecule has 128 valence electrons. The Hall–Kier alpha value is -1.82. The Morgan fingerprint density at radius 2 is 2.09 bits per heavy atom. The van der Waals surface area contributed by atoms with Gasteiger partial charge >= 0.3 is 6.09 Å². The topological polar surface area (TPSA) is 59.0 Å². The molecule has 1 heterocycles. The maximum atomic E-state index is 13.8. The van der Waals surface area contributed by atoms with Crippen LogP contribution in [0.25, 0.3) is 0 Å². The van der Waals surface area contributed by atoms with Crippen LogP contribution >= 0.6 is 0 Å². The minimum absolute atomic E-state index is 0.174. The number of β-amino-alcohol motifs (C(OH)–C–C–N with tert-alkyl or cyclic N) is 1. The summed E-state index contributed by atoms with van der Waals surface area (Å²) in [4.78, 5) is 13.5. The highest BCUT2D eigenvalue weighted by Crippen LogP contribution is 2.31. The van der Waals surface area contributed by atoms with Gasteiger partial charge in [0.1, 0.15) is 5.60 Å². The Balaban J connectivity index is 2.04. The first kappa shape index (κ1) is 17.5. The number of benzene rings is 1. The number of hydrogen-bond acceptors (Lipinski definition) is 4. The van der Waals surface area contributed by atoms with E-state index >= 15 is 0 Å². The van der Waals surface area contributed by atoms with E-state index in [1.54, 1.807) is 32.9 Å². The number of aliphatic hydroxyl groups is 1. The van der Waals surface area contributed by atoms with E-state index in [0.29, 0.717) is 18.5 Å². The molecule has 1 N–H and O–H groups in total. The van der Waals surface area contributed by atoms with Crippen LogP contribution in [0.1, 0.15) is 38.7 Å². The number of aliphatic hydroxyl groups excluding tert-OH is 1. The number of carbonyl (C=O) groups is 1. The van der Waals surface area contributed by atoms with Crippen LogP contribution in [0.2, 0.25) is 0 Å². The van der Waals surface area contributed by atoms with Gasteiger partial charge < -0.3 is 19.5 Å². The lowest BCUT2D eigenvalue weighted by Gasteiger charge is -2.37. The fourth-order valence-electron chi connectivity index (χ4n) is 2.73. The van der Waals surface area contributed by atoms with Crippen molar-refractivity contribution < 1.29 is 23.8 Å². The van der Waals surface area contributed by atoms with E-state index in [0.717, 1.165) is 0 Å². The van der Waals surface area contributed by atoms with Crippen molar-refractivity contribution in [3.63, 3.8) is 0 Å². The molecule has 1 aromatic carbocycles. The Bertz CT molecular complexity index is 570. The number of piperidine rings is 1. The molecule has 1 aromatic rings. The van der Waals surface area contributed by atoms with E-state index in [1.807, 2.05) is 0 Å². The molecule has 1 aliphatic heterocycles. The Morgan fingerprint density at radius 1 is 1.39 bits per heavy atom. The fourth-order valence-corrected chi connectivity index (χ4v) is 2.73. The largest absolute Gasteiger partial charge is 0.494 e. The van der Waals surface area contributed by atoms with Crippen molar-refractivity contribution in [3.05, 3.63) is 29.6 Å². The standard InChI is InChI=1S/C17H24FNO4/c1-17(2,3)23-16(21)19-8-7-12(14(20)10-19)11-5-6-15(22-4)13(18)9-11/h5-6,9,12,14,20H,7-8,10H2,1-4H3/t12-,14-/m1/s1. The zero-order chi connectivity index (χ0) is 17.2. The number of ether oxygens (including phenoxy) is 2. The summed E-state index contributed by atoms with van der Waals surface area (Å²) < 4.78 is 24.0. The fraction of sp³-hybridized carbons (Fsp3) is 0.588. The van der Waals surface area contributed by atoms with Gasteiger partial charge in [0.05, 0.1) is 19.8 Å². The maximum absolute atomic E-state index is 13.8. The first-order valence-corrected chi connectivity index (χ1v) is 7.70. The number of rotatable bonds is 2.